The molecule has 2 N–H and O–H groups in total. The van der Waals surface area contributed by atoms with Gasteiger partial charge in [0.2, 0.25) is 5.91 Å². The summed E-state index contributed by atoms with van der Waals surface area (Å²) in [7, 11) is 2.14. The Morgan fingerprint density at radius 3 is 2.57 bits per heavy atom. The zero-order valence-corrected chi connectivity index (χ0v) is 34.8. The van der Waals surface area contributed by atoms with E-state index in [0.29, 0.717) is 53.5 Å². The molecule has 9 rings (SSSR count). The lowest BCUT2D eigenvalue weighted by Crippen LogP contribution is -2.49. The molecule has 5 fully saturated rings. The second kappa shape index (κ2) is 17.3. The highest BCUT2D eigenvalue weighted by atomic mass is 35.5. The van der Waals surface area contributed by atoms with Crippen LogP contribution in [-0.2, 0) is 9.53 Å². The van der Waals surface area contributed by atoms with E-state index in [1.165, 1.54) is 21.8 Å². The van der Waals surface area contributed by atoms with Crippen LogP contribution < -0.4 is 20.4 Å². The maximum atomic E-state index is 14.3. The van der Waals surface area contributed by atoms with Crippen molar-refractivity contribution < 1.29 is 32.7 Å². The molecule has 4 saturated heterocycles. The molecule has 5 amide bonds. The third-order valence-corrected chi connectivity index (χ3v) is 13.4. The molecule has 1 saturated carbocycles. The number of halogens is 3. The Morgan fingerprint density at radius 1 is 1.05 bits per heavy atom. The number of carbonyl (C=O) groups is 4. The van der Waals surface area contributed by atoms with Gasteiger partial charge in [-0.05, 0) is 101 Å². The molecule has 0 spiro atoms. The number of amides is 5. The van der Waals surface area contributed by atoms with E-state index in [4.69, 9.17) is 21.3 Å². The van der Waals surface area contributed by atoms with E-state index < -0.39 is 24.1 Å². The lowest BCUT2D eigenvalue weighted by molar-refractivity contribution is -0.120. The fourth-order valence-electron chi connectivity index (χ4n) is 9.68. The van der Waals surface area contributed by atoms with Crippen molar-refractivity contribution in [2.75, 3.05) is 68.0 Å². The number of nitrogens with one attached hydrogen (secondary N) is 2. The van der Waals surface area contributed by atoms with Gasteiger partial charge in [0.25, 0.3) is 18.2 Å². The standard InChI is InChI=1S/C42H50ClF2N11O5/c1-51(21-26-9-14-52(15-10-26)41(59)27-4-7-32(43)34(18-27)53-16-12-36(57)49-42(53)60)13-8-25-2-5-28(6-3-25)56-23-33(37(50-56)38(44)45)47-40(58)31-20-46-55-17-11-35(48-39(31)55)54-22-30-19-29(54)24-61-30/h4,7,11,17-18,20,23,25-26,28-30,38H,2-3,5-6,8-10,12-16,19,21-22,24H2,1H3,(H,47,58)(H,49,57,60)/t25?,28?,29-,30-/m1/s1. The third-order valence-electron chi connectivity index (χ3n) is 13.1. The highest BCUT2D eigenvalue weighted by molar-refractivity contribution is 6.34. The minimum atomic E-state index is -2.86. The Morgan fingerprint density at radius 2 is 1.85 bits per heavy atom. The van der Waals surface area contributed by atoms with E-state index >= 15 is 0 Å². The Balaban J connectivity index is 0.732. The number of carbonyl (C=O) groups excluding carboxylic acids is 4. The van der Waals surface area contributed by atoms with Crippen LogP contribution in [0.25, 0.3) is 5.65 Å². The molecule has 2 atom stereocenters. The van der Waals surface area contributed by atoms with Gasteiger partial charge < -0.3 is 24.8 Å². The number of imide groups is 1. The molecule has 5 aliphatic rings. The SMILES string of the molecule is CN(CCC1CCC(n2cc(NC(=O)c3cnn4ccc(N5C[C@H]6C[C@@H]5CO6)nc34)c(C(F)F)n2)CC1)CC1CCN(C(=O)c2ccc(Cl)c(N3CCC(=O)NC3=O)c2)CC1. The Bertz CT molecular complexity index is 2310. The van der Waals surface area contributed by atoms with Gasteiger partial charge in [-0.25, -0.2) is 23.1 Å². The summed E-state index contributed by atoms with van der Waals surface area (Å²) >= 11 is 6.39. The summed E-state index contributed by atoms with van der Waals surface area (Å²) in [4.78, 5) is 63.6. The quantitative estimate of drug-likeness (QED) is 0.178. The van der Waals surface area contributed by atoms with Gasteiger partial charge in [0.1, 0.15) is 11.4 Å². The molecule has 0 radical (unpaired) electrons. The number of anilines is 3. The first-order valence-electron chi connectivity index (χ1n) is 21.3. The van der Waals surface area contributed by atoms with Gasteiger partial charge in [-0.3, -0.25) is 29.3 Å². The zero-order chi connectivity index (χ0) is 42.4. The highest BCUT2D eigenvalue weighted by Crippen LogP contribution is 2.37. The van der Waals surface area contributed by atoms with Crippen molar-refractivity contribution >= 4 is 58.2 Å². The highest BCUT2D eigenvalue weighted by Gasteiger charge is 2.40. The normalized spacial score (nSPS) is 23.5. The first kappa shape index (κ1) is 41.2. The first-order chi connectivity index (χ1) is 29.5. The predicted octanol–water partition coefficient (Wildman–Crippen LogP) is 5.80. The Hall–Kier alpha value is -5.20. The van der Waals surface area contributed by atoms with Crippen LogP contribution in [0.2, 0.25) is 5.02 Å². The van der Waals surface area contributed by atoms with Crippen molar-refractivity contribution in [2.45, 2.75) is 82.4 Å². The number of benzene rings is 1. The van der Waals surface area contributed by atoms with Crippen molar-refractivity contribution in [3.8, 4) is 0 Å². The fourth-order valence-corrected chi connectivity index (χ4v) is 9.90. The number of hydrogen-bond donors (Lipinski definition) is 2. The topological polar surface area (TPSA) is 163 Å². The van der Waals surface area contributed by atoms with Gasteiger partial charge in [0.15, 0.2) is 11.3 Å². The molecule has 16 nitrogen and oxygen atoms in total. The summed E-state index contributed by atoms with van der Waals surface area (Å²) in [6.07, 6.45) is 9.46. The minimum Gasteiger partial charge on any atom is -0.374 e. The molecule has 1 aromatic carbocycles. The summed E-state index contributed by atoms with van der Waals surface area (Å²) in [6.45, 7) is 4.73. The molecule has 3 aromatic heterocycles. The smallest absolute Gasteiger partial charge is 0.328 e. The minimum absolute atomic E-state index is 0.00875. The monoisotopic (exact) mass is 861 g/mol. The molecule has 7 heterocycles. The van der Waals surface area contributed by atoms with E-state index in [1.807, 2.05) is 11.0 Å². The van der Waals surface area contributed by atoms with Gasteiger partial charge in [-0.2, -0.15) is 10.2 Å². The van der Waals surface area contributed by atoms with Gasteiger partial charge >= 0.3 is 6.03 Å². The van der Waals surface area contributed by atoms with E-state index in [2.05, 4.69) is 37.7 Å². The number of ether oxygens (including phenoxy) is 1. The van der Waals surface area contributed by atoms with Crippen LogP contribution in [0.4, 0.5) is 30.8 Å². The lowest BCUT2D eigenvalue weighted by atomic mass is 9.84. The molecule has 61 heavy (non-hydrogen) atoms. The predicted molar refractivity (Wildman–Crippen MR) is 222 cm³/mol. The maximum absolute atomic E-state index is 14.3. The number of urea groups is 1. The molecular formula is C42H50ClF2N11O5. The van der Waals surface area contributed by atoms with E-state index in [0.717, 1.165) is 76.8 Å². The molecule has 4 aromatic rings. The average Bonchev–Trinajstić information content (AvgIpc) is 4.08. The number of fused-ring (bicyclic) bond motifs is 3. The van der Waals surface area contributed by atoms with Crippen LogP contribution >= 0.6 is 11.6 Å². The summed E-state index contributed by atoms with van der Waals surface area (Å²) in [5.41, 5.74) is 0.947. The summed E-state index contributed by atoms with van der Waals surface area (Å²) in [6, 6.07) is 6.44. The van der Waals surface area contributed by atoms with Gasteiger partial charge in [-0.1, -0.05) is 11.6 Å². The van der Waals surface area contributed by atoms with Crippen LogP contribution in [0.15, 0.2) is 42.9 Å². The Kier molecular flexibility index (Phi) is 11.7. The summed E-state index contributed by atoms with van der Waals surface area (Å²) in [5, 5.41) is 13.9. The number of nitrogens with zero attached hydrogens (tertiary/aromatic N) is 9. The number of hydrogen-bond acceptors (Lipinski definition) is 10. The number of likely N-dealkylation sites (tertiary alicyclic amines) is 1. The van der Waals surface area contributed by atoms with E-state index in [-0.39, 0.29) is 54.2 Å². The van der Waals surface area contributed by atoms with Crippen molar-refractivity contribution in [2.24, 2.45) is 11.8 Å². The number of morpholine rings is 1. The fraction of sp³-hybridized carbons (Fsp3) is 0.548. The molecule has 2 bridgehead atoms. The Labute approximate surface area is 356 Å². The van der Waals surface area contributed by atoms with Crippen molar-refractivity contribution in [1.29, 1.82) is 0 Å². The van der Waals surface area contributed by atoms with Crippen LogP contribution in [-0.4, -0.2) is 123 Å². The van der Waals surface area contributed by atoms with Crippen molar-refractivity contribution in [3.63, 3.8) is 0 Å². The van der Waals surface area contributed by atoms with Gasteiger partial charge in [0, 0.05) is 57.1 Å². The maximum Gasteiger partial charge on any atom is 0.328 e. The molecule has 324 valence electrons. The zero-order valence-electron chi connectivity index (χ0n) is 34.0. The largest absolute Gasteiger partial charge is 0.374 e. The van der Waals surface area contributed by atoms with Crippen LogP contribution in [0.3, 0.4) is 0 Å². The molecular weight excluding hydrogens is 812 g/mol. The molecule has 0 unspecified atom stereocenters. The van der Waals surface area contributed by atoms with Gasteiger partial charge in [-0.15, -0.1) is 0 Å². The first-order valence-corrected chi connectivity index (χ1v) is 21.6. The lowest BCUT2D eigenvalue weighted by Gasteiger charge is -2.35. The second-order valence-electron chi connectivity index (χ2n) is 17.2. The summed E-state index contributed by atoms with van der Waals surface area (Å²) in [5.74, 6) is 0.687. The number of alkyl halides is 2. The van der Waals surface area contributed by atoms with Crippen molar-refractivity contribution in [3.05, 3.63) is 64.7 Å². The molecule has 4 aliphatic heterocycles. The van der Waals surface area contributed by atoms with E-state index in [9.17, 15) is 28.0 Å². The van der Waals surface area contributed by atoms with E-state index in [1.54, 1.807) is 29.1 Å². The van der Waals surface area contributed by atoms with Gasteiger partial charge in [0.05, 0.1) is 47.4 Å². The summed E-state index contributed by atoms with van der Waals surface area (Å²) < 4.78 is 37.4. The average molecular weight is 862 g/mol. The van der Waals surface area contributed by atoms with Crippen LogP contribution in [0, 0.1) is 11.8 Å². The van der Waals surface area contributed by atoms with Crippen LogP contribution in [0.1, 0.15) is 96.7 Å². The number of aromatic nitrogens is 5. The number of piperidine rings is 1. The third kappa shape index (κ3) is 8.66. The van der Waals surface area contributed by atoms with Crippen LogP contribution in [0.5, 0.6) is 0 Å². The molecule has 1 aliphatic carbocycles. The second-order valence-corrected chi connectivity index (χ2v) is 17.6. The van der Waals surface area contributed by atoms with Crippen molar-refractivity contribution in [1.82, 2.24) is 39.5 Å². The molecule has 19 heteroatoms. The number of rotatable bonds is 12.